The van der Waals surface area contributed by atoms with Gasteiger partial charge in [-0.1, -0.05) is 23.7 Å². The first kappa shape index (κ1) is 19.2. The van der Waals surface area contributed by atoms with Crippen molar-refractivity contribution in [2.24, 2.45) is 0 Å². The molecule has 2 aromatic rings. The maximum Gasteiger partial charge on any atom is 0.233 e. The molecule has 0 unspecified atom stereocenters. The Hall–Kier alpha value is -2.53. The number of hydrogen-bond acceptors (Lipinski definition) is 3. The minimum absolute atomic E-state index is 0.186. The van der Waals surface area contributed by atoms with Crippen LogP contribution in [0.5, 0.6) is 0 Å². The number of anilines is 2. The molecule has 2 aromatic carbocycles. The Balaban J connectivity index is 1.39. The van der Waals surface area contributed by atoms with Gasteiger partial charge in [-0.2, -0.15) is 0 Å². The predicted molar refractivity (Wildman–Crippen MR) is 109 cm³/mol. The van der Waals surface area contributed by atoms with E-state index in [0.717, 1.165) is 18.7 Å². The Morgan fingerprint density at radius 1 is 0.926 bits per heavy atom. The van der Waals surface area contributed by atoms with Gasteiger partial charge in [-0.3, -0.25) is 9.59 Å². The lowest BCUT2D eigenvalue weighted by molar-refractivity contribution is -0.126. The highest BCUT2D eigenvalue weighted by Crippen LogP contribution is 2.22. The summed E-state index contributed by atoms with van der Waals surface area (Å²) in [7, 11) is 0. The molecule has 0 spiro atoms. The van der Waals surface area contributed by atoms with Gasteiger partial charge in [0.15, 0.2) is 0 Å². The Morgan fingerprint density at radius 3 is 2.26 bits per heavy atom. The van der Waals surface area contributed by atoms with E-state index in [1.54, 1.807) is 0 Å². The van der Waals surface area contributed by atoms with Gasteiger partial charge in [-0.15, -0.1) is 0 Å². The molecule has 0 radical (unpaired) electrons. The summed E-state index contributed by atoms with van der Waals surface area (Å²) in [6, 6.07) is 15.3. The van der Waals surface area contributed by atoms with Gasteiger partial charge in [0.05, 0.1) is 0 Å². The Kier molecular flexibility index (Phi) is 6.71. The molecule has 1 saturated heterocycles. The third-order valence-electron chi connectivity index (χ3n) is 4.59. The summed E-state index contributed by atoms with van der Waals surface area (Å²) < 4.78 is 0. The second kappa shape index (κ2) is 9.42. The van der Waals surface area contributed by atoms with Gasteiger partial charge < -0.3 is 15.5 Å². The first-order valence-corrected chi connectivity index (χ1v) is 9.64. The van der Waals surface area contributed by atoms with Gasteiger partial charge in [0, 0.05) is 36.0 Å². The molecule has 6 heteroatoms. The zero-order chi connectivity index (χ0) is 19.1. The van der Waals surface area contributed by atoms with Gasteiger partial charge in [0.25, 0.3) is 0 Å². The smallest absolute Gasteiger partial charge is 0.233 e. The molecular weight excluding hydrogens is 362 g/mol. The molecule has 5 nitrogen and oxygen atoms in total. The second-order valence-electron chi connectivity index (χ2n) is 6.69. The van der Waals surface area contributed by atoms with E-state index in [1.165, 1.54) is 18.5 Å². The van der Waals surface area contributed by atoms with Crippen molar-refractivity contribution in [3.63, 3.8) is 0 Å². The first-order chi connectivity index (χ1) is 13.1. The summed E-state index contributed by atoms with van der Waals surface area (Å²) in [5.74, 6) is -0.594. The second-order valence-corrected chi connectivity index (χ2v) is 7.13. The van der Waals surface area contributed by atoms with Gasteiger partial charge >= 0.3 is 0 Å². The number of nitrogens with one attached hydrogen (secondary N) is 2. The molecule has 0 aliphatic carbocycles. The van der Waals surface area contributed by atoms with E-state index in [4.69, 9.17) is 11.6 Å². The highest BCUT2D eigenvalue weighted by atomic mass is 35.5. The van der Waals surface area contributed by atoms with Crippen LogP contribution in [0.15, 0.2) is 48.5 Å². The quantitative estimate of drug-likeness (QED) is 0.715. The molecule has 3 rings (SSSR count). The van der Waals surface area contributed by atoms with Crippen LogP contribution in [0.4, 0.5) is 11.4 Å². The molecule has 0 bridgehead atoms. The fourth-order valence-corrected chi connectivity index (χ4v) is 3.27. The van der Waals surface area contributed by atoms with Crippen molar-refractivity contribution < 1.29 is 9.59 Å². The van der Waals surface area contributed by atoms with E-state index in [2.05, 4.69) is 15.5 Å². The third-order valence-corrected chi connectivity index (χ3v) is 4.84. The fraction of sp³-hybridized carbons (Fsp3) is 0.333. The van der Waals surface area contributed by atoms with E-state index in [9.17, 15) is 9.59 Å². The Bertz CT molecular complexity index is 769. The third kappa shape index (κ3) is 6.00. The number of carbonyl (C=O) groups is 2. The van der Waals surface area contributed by atoms with Crippen molar-refractivity contribution in [1.82, 2.24) is 5.32 Å². The Labute approximate surface area is 164 Å². The summed E-state index contributed by atoms with van der Waals surface area (Å²) in [5.41, 5.74) is 2.96. The van der Waals surface area contributed by atoms with E-state index in [-0.39, 0.29) is 18.2 Å². The molecule has 27 heavy (non-hydrogen) atoms. The number of halogens is 1. The molecular formula is C21H24ClN3O2. The summed E-state index contributed by atoms with van der Waals surface area (Å²) in [5, 5.41) is 6.23. The van der Waals surface area contributed by atoms with Gasteiger partial charge in [0.2, 0.25) is 11.8 Å². The van der Waals surface area contributed by atoms with Crippen LogP contribution in [0, 0.1) is 0 Å². The molecule has 2 amide bonds. The molecule has 1 fully saturated rings. The summed E-state index contributed by atoms with van der Waals surface area (Å²) in [6.07, 6.45) is 2.97. The van der Waals surface area contributed by atoms with Crippen LogP contribution in [0.3, 0.4) is 0 Å². The highest BCUT2D eigenvalue weighted by Gasteiger charge is 2.13. The number of benzene rings is 2. The van der Waals surface area contributed by atoms with Crippen LogP contribution in [-0.4, -0.2) is 31.4 Å². The normalized spacial score (nSPS) is 13.4. The number of carbonyl (C=O) groups excluding carboxylic acids is 2. The van der Waals surface area contributed by atoms with Crippen LogP contribution in [0.25, 0.3) is 0 Å². The largest absolute Gasteiger partial charge is 0.372 e. The standard InChI is InChI=1S/C21H24ClN3O2/c22-17-5-3-16(4-6-17)11-12-23-20(26)15-21(27)24-18-7-9-19(10-8-18)25-13-1-2-14-25/h3-10H,1-2,11-15H2,(H,23,26)(H,24,27). The highest BCUT2D eigenvalue weighted by molar-refractivity contribution is 6.30. The van der Waals surface area contributed by atoms with Crippen LogP contribution in [0.2, 0.25) is 5.02 Å². The molecule has 142 valence electrons. The van der Waals surface area contributed by atoms with Crippen molar-refractivity contribution >= 4 is 34.8 Å². The van der Waals surface area contributed by atoms with E-state index < -0.39 is 0 Å². The van der Waals surface area contributed by atoms with Crippen molar-refractivity contribution in [2.45, 2.75) is 25.7 Å². The van der Waals surface area contributed by atoms with Crippen molar-refractivity contribution in [2.75, 3.05) is 29.9 Å². The molecule has 0 aromatic heterocycles. The number of rotatable bonds is 7. The van der Waals surface area contributed by atoms with E-state index in [1.807, 2.05) is 48.5 Å². The maximum absolute atomic E-state index is 12.0. The molecule has 1 aliphatic rings. The van der Waals surface area contributed by atoms with Gasteiger partial charge in [-0.05, 0) is 61.2 Å². The minimum atomic E-state index is -0.312. The van der Waals surface area contributed by atoms with Gasteiger partial charge in [0.1, 0.15) is 6.42 Å². The average Bonchev–Trinajstić information content (AvgIpc) is 3.18. The minimum Gasteiger partial charge on any atom is -0.372 e. The summed E-state index contributed by atoms with van der Waals surface area (Å²) in [6.45, 7) is 2.65. The summed E-state index contributed by atoms with van der Waals surface area (Å²) in [4.78, 5) is 26.3. The molecule has 1 heterocycles. The lowest BCUT2D eigenvalue weighted by atomic mass is 10.1. The van der Waals surface area contributed by atoms with Crippen LogP contribution >= 0.6 is 11.6 Å². The van der Waals surface area contributed by atoms with E-state index >= 15 is 0 Å². The molecule has 2 N–H and O–H groups in total. The van der Waals surface area contributed by atoms with Crippen LogP contribution in [-0.2, 0) is 16.0 Å². The van der Waals surface area contributed by atoms with Crippen molar-refractivity contribution in [3.8, 4) is 0 Å². The molecule has 0 atom stereocenters. The number of amides is 2. The zero-order valence-corrected chi connectivity index (χ0v) is 16.0. The average molecular weight is 386 g/mol. The number of hydrogen-bond donors (Lipinski definition) is 2. The Morgan fingerprint density at radius 2 is 1.59 bits per heavy atom. The topological polar surface area (TPSA) is 61.4 Å². The monoisotopic (exact) mass is 385 g/mol. The number of nitrogens with zero attached hydrogens (tertiary/aromatic N) is 1. The fourth-order valence-electron chi connectivity index (χ4n) is 3.14. The van der Waals surface area contributed by atoms with Crippen molar-refractivity contribution in [3.05, 3.63) is 59.1 Å². The van der Waals surface area contributed by atoms with Crippen LogP contribution in [0.1, 0.15) is 24.8 Å². The SMILES string of the molecule is O=C(CC(=O)Nc1ccc(N2CCCC2)cc1)NCCc1ccc(Cl)cc1. The predicted octanol–water partition coefficient (Wildman–Crippen LogP) is 3.63. The first-order valence-electron chi connectivity index (χ1n) is 9.26. The van der Waals surface area contributed by atoms with E-state index in [0.29, 0.717) is 23.7 Å². The lowest BCUT2D eigenvalue weighted by Crippen LogP contribution is -2.29. The zero-order valence-electron chi connectivity index (χ0n) is 15.2. The van der Waals surface area contributed by atoms with Gasteiger partial charge in [-0.25, -0.2) is 0 Å². The summed E-state index contributed by atoms with van der Waals surface area (Å²) >= 11 is 5.84. The lowest BCUT2D eigenvalue weighted by Gasteiger charge is -2.17. The maximum atomic E-state index is 12.0. The van der Waals surface area contributed by atoms with Crippen molar-refractivity contribution in [1.29, 1.82) is 0 Å². The van der Waals surface area contributed by atoms with Crippen LogP contribution < -0.4 is 15.5 Å². The molecule has 1 aliphatic heterocycles. The molecule has 0 saturated carbocycles.